The first kappa shape index (κ1) is 15.9. The first-order valence-electron chi connectivity index (χ1n) is 8.85. The van der Waals surface area contributed by atoms with Crippen LogP contribution in [0.5, 0.6) is 0 Å². The van der Waals surface area contributed by atoms with Crippen LogP contribution in [0.3, 0.4) is 0 Å². The van der Waals surface area contributed by atoms with E-state index in [1.807, 2.05) is 11.0 Å². The van der Waals surface area contributed by atoms with Crippen molar-refractivity contribution < 1.29 is 9.59 Å². The van der Waals surface area contributed by atoms with E-state index < -0.39 is 0 Å². The predicted octanol–water partition coefficient (Wildman–Crippen LogP) is 2.74. The summed E-state index contributed by atoms with van der Waals surface area (Å²) in [6.45, 7) is 4.99. The average molecular weight is 338 g/mol. The topological polar surface area (TPSA) is 78.1 Å². The lowest BCUT2D eigenvalue weighted by atomic mass is 10.0. The van der Waals surface area contributed by atoms with Gasteiger partial charge >= 0.3 is 0 Å². The van der Waals surface area contributed by atoms with E-state index in [-0.39, 0.29) is 23.7 Å². The molecule has 2 aromatic heterocycles. The molecule has 1 aliphatic heterocycles. The molecule has 0 aromatic carbocycles. The van der Waals surface area contributed by atoms with Crippen molar-refractivity contribution in [2.24, 2.45) is 5.92 Å². The Kier molecular flexibility index (Phi) is 4.03. The smallest absolute Gasteiger partial charge is 0.245 e. The highest BCUT2D eigenvalue weighted by Gasteiger charge is 2.32. The number of hydrogen-bond donors (Lipinski definition) is 2. The van der Waals surface area contributed by atoms with Gasteiger partial charge in [0.2, 0.25) is 5.91 Å². The van der Waals surface area contributed by atoms with Gasteiger partial charge in [-0.3, -0.25) is 9.59 Å². The van der Waals surface area contributed by atoms with Crippen molar-refractivity contribution >= 4 is 28.4 Å². The SMILES string of the molecule is C=CC(=O)N1CCC(Nc2ccnc3[nH]cc(C(=O)C4CC4)c23)CC1. The number of likely N-dealkylation sites (tertiary alicyclic amines) is 1. The molecule has 1 saturated heterocycles. The molecular weight excluding hydrogens is 316 g/mol. The Bertz CT molecular complexity index is 829. The second-order valence-electron chi connectivity index (χ2n) is 6.87. The highest BCUT2D eigenvalue weighted by molar-refractivity contribution is 6.12. The molecule has 1 amide bonds. The van der Waals surface area contributed by atoms with Gasteiger partial charge in [0, 0.05) is 48.7 Å². The fraction of sp³-hybridized carbons (Fsp3) is 0.421. The number of hydrogen-bond acceptors (Lipinski definition) is 4. The van der Waals surface area contributed by atoms with Gasteiger partial charge in [-0.15, -0.1) is 0 Å². The van der Waals surface area contributed by atoms with Crippen LogP contribution in [0.4, 0.5) is 5.69 Å². The lowest BCUT2D eigenvalue weighted by Crippen LogP contribution is -2.41. The van der Waals surface area contributed by atoms with Crippen molar-refractivity contribution in [2.45, 2.75) is 31.7 Å². The van der Waals surface area contributed by atoms with Crippen molar-refractivity contribution in [3.63, 3.8) is 0 Å². The summed E-state index contributed by atoms with van der Waals surface area (Å²) in [6, 6.07) is 2.21. The van der Waals surface area contributed by atoms with E-state index in [9.17, 15) is 9.59 Å². The van der Waals surface area contributed by atoms with Gasteiger partial charge < -0.3 is 15.2 Å². The number of ketones is 1. The number of aromatic nitrogens is 2. The minimum absolute atomic E-state index is 0.00676. The number of Topliss-reactive ketones (excluding diaryl/α,β-unsaturated/α-hetero) is 1. The van der Waals surface area contributed by atoms with Crippen LogP contribution in [0.15, 0.2) is 31.1 Å². The second-order valence-corrected chi connectivity index (χ2v) is 6.87. The lowest BCUT2D eigenvalue weighted by molar-refractivity contribution is -0.126. The number of pyridine rings is 1. The second kappa shape index (κ2) is 6.35. The van der Waals surface area contributed by atoms with Crippen LogP contribution >= 0.6 is 0 Å². The standard InChI is InChI=1S/C19H22N4O2/c1-2-16(24)23-9-6-13(7-10-23)22-15-5-8-20-19-17(15)14(11-21-19)18(25)12-3-4-12/h2,5,8,11-13H,1,3-4,6-7,9-10H2,(H2,20,21,22). The Morgan fingerprint density at radius 2 is 2.04 bits per heavy atom. The maximum Gasteiger partial charge on any atom is 0.245 e. The van der Waals surface area contributed by atoms with Crippen LogP contribution < -0.4 is 5.32 Å². The maximum absolute atomic E-state index is 12.5. The summed E-state index contributed by atoms with van der Waals surface area (Å²) in [5.74, 6) is 0.390. The van der Waals surface area contributed by atoms with Crippen molar-refractivity contribution in [3.8, 4) is 0 Å². The van der Waals surface area contributed by atoms with E-state index in [0.29, 0.717) is 0 Å². The molecule has 1 aliphatic carbocycles. The Morgan fingerprint density at radius 3 is 2.72 bits per heavy atom. The number of carbonyl (C=O) groups is 2. The normalized spacial score (nSPS) is 18.3. The molecule has 6 heteroatoms. The van der Waals surface area contributed by atoms with Gasteiger partial charge in [0.05, 0.1) is 5.39 Å². The minimum Gasteiger partial charge on any atom is -0.382 e. The fourth-order valence-electron chi connectivity index (χ4n) is 3.53. The zero-order chi connectivity index (χ0) is 17.4. The van der Waals surface area contributed by atoms with E-state index in [4.69, 9.17) is 0 Å². The molecule has 2 aromatic rings. The number of fused-ring (bicyclic) bond motifs is 1. The highest BCUT2D eigenvalue weighted by Crippen LogP contribution is 2.36. The zero-order valence-corrected chi connectivity index (χ0v) is 14.1. The summed E-state index contributed by atoms with van der Waals surface area (Å²) in [6.07, 6.45) is 8.64. The molecule has 0 atom stereocenters. The number of nitrogens with zero attached hydrogens (tertiary/aromatic N) is 2. The van der Waals surface area contributed by atoms with Gasteiger partial charge in [0.1, 0.15) is 5.65 Å². The van der Waals surface area contributed by atoms with E-state index in [1.165, 1.54) is 6.08 Å². The van der Waals surface area contributed by atoms with Crippen LogP contribution in [-0.2, 0) is 4.79 Å². The molecule has 1 saturated carbocycles. The molecule has 0 radical (unpaired) electrons. The summed E-state index contributed by atoms with van der Waals surface area (Å²) < 4.78 is 0. The number of nitrogens with one attached hydrogen (secondary N) is 2. The quantitative estimate of drug-likeness (QED) is 0.649. The fourth-order valence-corrected chi connectivity index (χ4v) is 3.53. The molecule has 0 bridgehead atoms. The summed E-state index contributed by atoms with van der Waals surface area (Å²) in [5.41, 5.74) is 2.43. The monoisotopic (exact) mass is 338 g/mol. The average Bonchev–Trinajstić information content (AvgIpc) is 3.40. The van der Waals surface area contributed by atoms with Gasteiger partial charge in [-0.25, -0.2) is 4.98 Å². The number of amides is 1. The molecule has 2 fully saturated rings. The molecule has 130 valence electrons. The van der Waals surface area contributed by atoms with Crippen LogP contribution in [-0.4, -0.2) is 45.7 Å². The van der Waals surface area contributed by atoms with E-state index >= 15 is 0 Å². The van der Waals surface area contributed by atoms with E-state index in [2.05, 4.69) is 21.9 Å². The Labute approximate surface area is 146 Å². The number of anilines is 1. The van der Waals surface area contributed by atoms with E-state index in [0.717, 1.165) is 61.1 Å². The van der Waals surface area contributed by atoms with Crippen molar-refractivity contribution in [1.29, 1.82) is 0 Å². The number of rotatable bonds is 5. The molecule has 4 rings (SSSR count). The number of aromatic amines is 1. The lowest BCUT2D eigenvalue weighted by Gasteiger charge is -2.32. The molecule has 2 aliphatic rings. The van der Waals surface area contributed by atoms with Crippen molar-refractivity contribution in [3.05, 3.63) is 36.7 Å². The van der Waals surface area contributed by atoms with Crippen LogP contribution in [0.2, 0.25) is 0 Å². The zero-order valence-electron chi connectivity index (χ0n) is 14.1. The van der Waals surface area contributed by atoms with Crippen molar-refractivity contribution in [1.82, 2.24) is 14.9 Å². The first-order chi connectivity index (χ1) is 12.2. The number of carbonyl (C=O) groups excluding carboxylic acids is 2. The summed E-state index contributed by atoms with van der Waals surface area (Å²) in [7, 11) is 0. The van der Waals surface area contributed by atoms with Crippen LogP contribution in [0.25, 0.3) is 11.0 Å². The molecule has 0 unspecified atom stereocenters. The first-order valence-corrected chi connectivity index (χ1v) is 8.85. The number of piperidine rings is 1. The van der Waals surface area contributed by atoms with Gasteiger partial charge in [-0.1, -0.05) is 6.58 Å². The Morgan fingerprint density at radius 1 is 1.28 bits per heavy atom. The maximum atomic E-state index is 12.5. The number of H-pyrrole nitrogens is 1. The largest absolute Gasteiger partial charge is 0.382 e. The van der Waals surface area contributed by atoms with Gasteiger partial charge in [-0.05, 0) is 37.8 Å². The highest BCUT2D eigenvalue weighted by atomic mass is 16.2. The van der Waals surface area contributed by atoms with Crippen LogP contribution in [0, 0.1) is 5.92 Å². The third kappa shape index (κ3) is 3.04. The van der Waals surface area contributed by atoms with E-state index in [1.54, 1.807) is 12.4 Å². The molecule has 25 heavy (non-hydrogen) atoms. The summed E-state index contributed by atoms with van der Waals surface area (Å²) >= 11 is 0. The van der Waals surface area contributed by atoms with Gasteiger partial charge in [-0.2, -0.15) is 0 Å². The Balaban J connectivity index is 1.54. The minimum atomic E-state index is -0.00676. The molecule has 3 heterocycles. The van der Waals surface area contributed by atoms with Gasteiger partial charge in [0.15, 0.2) is 5.78 Å². The molecule has 6 nitrogen and oxygen atoms in total. The Hall–Kier alpha value is -2.63. The predicted molar refractivity (Wildman–Crippen MR) is 96.6 cm³/mol. The molecule has 2 N–H and O–H groups in total. The van der Waals surface area contributed by atoms with Crippen LogP contribution in [0.1, 0.15) is 36.0 Å². The van der Waals surface area contributed by atoms with Crippen molar-refractivity contribution in [2.75, 3.05) is 18.4 Å². The third-order valence-corrected chi connectivity index (χ3v) is 5.13. The summed E-state index contributed by atoms with van der Waals surface area (Å²) in [4.78, 5) is 33.5. The third-order valence-electron chi connectivity index (χ3n) is 5.13. The summed E-state index contributed by atoms with van der Waals surface area (Å²) in [5, 5.41) is 4.46. The molecule has 0 spiro atoms. The molecular formula is C19H22N4O2. The van der Waals surface area contributed by atoms with Gasteiger partial charge in [0.25, 0.3) is 0 Å².